The fourth-order valence-corrected chi connectivity index (χ4v) is 4.89. The molecular formula is C22H26N2OS. The summed E-state index contributed by atoms with van der Waals surface area (Å²) in [5.41, 5.74) is 2.95. The number of carbonyl (C=O) groups is 1. The SMILES string of the molecule is O=C(CCSc1ccccc1)N1CC[C@H](N2CCc3ccccc3C2)C1. The average Bonchev–Trinajstić information content (AvgIpc) is 3.19. The number of benzene rings is 2. The van der Waals surface area contributed by atoms with Crippen molar-refractivity contribution in [2.24, 2.45) is 0 Å². The number of nitrogens with zero attached hydrogens (tertiary/aromatic N) is 2. The molecule has 0 bridgehead atoms. The topological polar surface area (TPSA) is 23.6 Å². The summed E-state index contributed by atoms with van der Waals surface area (Å²) in [6, 6.07) is 19.6. The Labute approximate surface area is 160 Å². The normalized spacial score (nSPS) is 20.2. The van der Waals surface area contributed by atoms with Gasteiger partial charge in [-0.3, -0.25) is 9.69 Å². The molecule has 1 amide bonds. The first-order valence-electron chi connectivity index (χ1n) is 9.56. The van der Waals surface area contributed by atoms with E-state index >= 15 is 0 Å². The molecule has 0 spiro atoms. The average molecular weight is 367 g/mol. The third-order valence-electron chi connectivity index (χ3n) is 5.52. The van der Waals surface area contributed by atoms with Gasteiger partial charge in [-0.25, -0.2) is 0 Å². The van der Waals surface area contributed by atoms with Gasteiger partial charge in [0.2, 0.25) is 5.91 Å². The summed E-state index contributed by atoms with van der Waals surface area (Å²) in [7, 11) is 0. The van der Waals surface area contributed by atoms with Crippen LogP contribution in [0.2, 0.25) is 0 Å². The van der Waals surface area contributed by atoms with Gasteiger partial charge >= 0.3 is 0 Å². The van der Waals surface area contributed by atoms with Crippen molar-refractivity contribution in [1.82, 2.24) is 9.80 Å². The molecule has 0 aromatic heterocycles. The third-order valence-corrected chi connectivity index (χ3v) is 6.53. The van der Waals surface area contributed by atoms with E-state index in [0.717, 1.165) is 44.8 Å². The van der Waals surface area contributed by atoms with Crippen molar-refractivity contribution in [2.75, 3.05) is 25.4 Å². The maximum absolute atomic E-state index is 12.6. The molecule has 4 heteroatoms. The lowest BCUT2D eigenvalue weighted by Crippen LogP contribution is -2.41. The molecule has 0 radical (unpaired) electrons. The van der Waals surface area contributed by atoms with Crippen LogP contribution >= 0.6 is 11.8 Å². The van der Waals surface area contributed by atoms with Crippen molar-refractivity contribution in [2.45, 2.75) is 36.7 Å². The Bertz CT molecular complexity index is 749. The van der Waals surface area contributed by atoms with Crippen molar-refractivity contribution >= 4 is 17.7 Å². The third kappa shape index (κ3) is 4.13. The van der Waals surface area contributed by atoms with Crippen LogP contribution in [0.5, 0.6) is 0 Å². The van der Waals surface area contributed by atoms with Gasteiger partial charge in [0.25, 0.3) is 0 Å². The van der Waals surface area contributed by atoms with Crippen molar-refractivity contribution in [1.29, 1.82) is 0 Å². The number of hydrogen-bond acceptors (Lipinski definition) is 3. The van der Waals surface area contributed by atoms with Gasteiger partial charge in [-0.15, -0.1) is 11.8 Å². The quantitative estimate of drug-likeness (QED) is 0.752. The maximum atomic E-state index is 12.6. The molecule has 26 heavy (non-hydrogen) atoms. The van der Waals surface area contributed by atoms with Crippen molar-refractivity contribution < 1.29 is 4.79 Å². The molecule has 0 aliphatic carbocycles. The van der Waals surface area contributed by atoms with Gasteiger partial charge in [0.15, 0.2) is 0 Å². The number of fused-ring (bicyclic) bond motifs is 1. The number of amides is 1. The Morgan fingerprint density at radius 3 is 2.62 bits per heavy atom. The molecule has 136 valence electrons. The van der Waals surface area contributed by atoms with Gasteiger partial charge < -0.3 is 4.90 Å². The van der Waals surface area contributed by atoms with Gasteiger partial charge in [-0.05, 0) is 36.1 Å². The van der Waals surface area contributed by atoms with Gasteiger partial charge in [0.05, 0.1) is 0 Å². The first-order chi connectivity index (χ1) is 12.8. The minimum Gasteiger partial charge on any atom is -0.341 e. The Morgan fingerprint density at radius 2 is 1.77 bits per heavy atom. The fraction of sp³-hybridized carbons (Fsp3) is 0.409. The van der Waals surface area contributed by atoms with E-state index in [-0.39, 0.29) is 0 Å². The maximum Gasteiger partial charge on any atom is 0.223 e. The monoisotopic (exact) mass is 366 g/mol. The zero-order valence-corrected chi connectivity index (χ0v) is 16.0. The molecule has 0 saturated carbocycles. The minimum atomic E-state index is 0.313. The smallest absolute Gasteiger partial charge is 0.223 e. The van der Waals surface area contributed by atoms with Crippen LogP contribution < -0.4 is 0 Å². The lowest BCUT2D eigenvalue weighted by molar-refractivity contribution is -0.129. The summed E-state index contributed by atoms with van der Waals surface area (Å²) < 4.78 is 0. The van der Waals surface area contributed by atoms with E-state index in [1.807, 2.05) is 18.2 Å². The molecule has 3 nitrogen and oxygen atoms in total. The highest BCUT2D eigenvalue weighted by atomic mass is 32.2. The lowest BCUT2D eigenvalue weighted by atomic mass is 9.98. The van der Waals surface area contributed by atoms with E-state index in [4.69, 9.17) is 0 Å². The highest BCUT2D eigenvalue weighted by molar-refractivity contribution is 7.99. The highest BCUT2D eigenvalue weighted by Crippen LogP contribution is 2.25. The van der Waals surface area contributed by atoms with E-state index in [9.17, 15) is 4.79 Å². The van der Waals surface area contributed by atoms with Crippen molar-refractivity contribution in [3.63, 3.8) is 0 Å². The van der Waals surface area contributed by atoms with E-state index < -0.39 is 0 Å². The summed E-state index contributed by atoms with van der Waals surface area (Å²) in [4.78, 5) is 18.5. The Morgan fingerprint density at radius 1 is 1.00 bits per heavy atom. The van der Waals surface area contributed by atoms with Crippen LogP contribution in [0.25, 0.3) is 0 Å². The molecule has 2 aromatic rings. The largest absolute Gasteiger partial charge is 0.341 e. The summed E-state index contributed by atoms with van der Waals surface area (Å²) in [5.74, 6) is 1.18. The first-order valence-corrected chi connectivity index (χ1v) is 10.5. The molecule has 1 saturated heterocycles. The Hall–Kier alpha value is -1.78. The van der Waals surface area contributed by atoms with Gasteiger partial charge in [-0.2, -0.15) is 0 Å². The van der Waals surface area contributed by atoms with Gasteiger partial charge in [0.1, 0.15) is 0 Å². The van der Waals surface area contributed by atoms with Crippen molar-refractivity contribution in [3.05, 3.63) is 65.7 Å². The van der Waals surface area contributed by atoms with Crippen LogP contribution in [0.1, 0.15) is 24.0 Å². The number of rotatable bonds is 5. The van der Waals surface area contributed by atoms with Crippen molar-refractivity contribution in [3.8, 4) is 0 Å². The number of carbonyl (C=O) groups excluding carboxylic acids is 1. The van der Waals surface area contributed by atoms with E-state index in [0.29, 0.717) is 18.4 Å². The lowest BCUT2D eigenvalue weighted by Gasteiger charge is -2.33. The molecule has 2 aromatic carbocycles. The molecule has 4 rings (SSSR count). The van der Waals surface area contributed by atoms with Crippen LogP contribution in [0.3, 0.4) is 0 Å². The van der Waals surface area contributed by atoms with Gasteiger partial charge in [0, 0.05) is 49.3 Å². The van der Waals surface area contributed by atoms with Gasteiger partial charge in [-0.1, -0.05) is 42.5 Å². The van der Waals surface area contributed by atoms with Crippen LogP contribution in [-0.4, -0.2) is 47.1 Å². The van der Waals surface area contributed by atoms with Crippen LogP contribution in [-0.2, 0) is 17.8 Å². The molecular weight excluding hydrogens is 340 g/mol. The summed E-state index contributed by atoms with van der Waals surface area (Å²) in [6.45, 7) is 3.97. The summed E-state index contributed by atoms with van der Waals surface area (Å²) in [5, 5.41) is 0. The second-order valence-corrected chi connectivity index (χ2v) is 8.35. The molecule has 1 fully saturated rings. The molecule has 2 aliphatic heterocycles. The minimum absolute atomic E-state index is 0.313. The molecule has 0 N–H and O–H groups in total. The predicted molar refractivity (Wildman–Crippen MR) is 107 cm³/mol. The zero-order valence-electron chi connectivity index (χ0n) is 15.1. The Kier molecular flexibility index (Phi) is 5.61. The van der Waals surface area contributed by atoms with Crippen LogP contribution in [0, 0.1) is 0 Å². The first kappa shape index (κ1) is 17.6. The molecule has 2 heterocycles. The molecule has 1 atom stereocenters. The van der Waals surface area contributed by atoms with Crippen LogP contribution in [0.15, 0.2) is 59.5 Å². The van der Waals surface area contributed by atoms with E-state index in [2.05, 4.69) is 46.2 Å². The fourth-order valence-electron chi connectivity index (χ4n) is 4.03. The highest BCUT2D eigenvalue weighted by Gasteiger charge is 2.31. The second kappa shape index (κ2) is 8.28. The second-order valence-electron chi connectivity index (χ2n) is 7.18. The van der Waals surface area contributed by atoms with E-state index in [1.165, 1.54) is 16.0 Å². The van der Waals surface area contributed by atoms with E-state index in [1.54, 1.807) is 11.8 Å². The number of thioether (sulfide) groups is 1. The molecule has 2 aliphatic rings. The molecule has 0 unspecified atom stereocenters. The number of likely N-dealkylation sites (tertiary alicyclic amines) is 1. The Balaban J connectivity index is 1.25. The summed E-state index contributed by atoms with van der Waals surface area (Å²) >= 11 is 1.77. The standard InChI is InChI=1S/C22H26N2OS/c25-22(12-15-26-21-8-2-1-3-9-21)24-14-11-20(17-24)23-13-10-18-6-4-5-7-19(18)16-23/h1-9,20H,10-17H2/t20-/m0/s1. The summed E-state index contributed by atoms with van der Waals surface area (Å²) in [6.07, 6.45) is 2.88. The predicted octanol–water partition coefficient (Wildman–Crippen LogP) is 3.83. The van der Waals surface area contributed by atoms with Crippen LogP contribution in [0.4, 0.5) is 0 Å². The zero-order chi connectivity index (χ0) is 17.8. The number of hydrogen-bond donors (Lipinski definition) is 0.